The van der Waals surface area contributed by atoms with Crippen molar-refractivity contribution >= 4 is 23.4 Å². The van der Waals surface area contributed by atoms with Crippen molar-refractivity contribution in [2.75, 3.05) is 18.4 Å². The molecule has 0 spiro atoms. The normalized spacial score (nSPS) is 17.6. The topological polar surface area (TPSA) is 91.4 Å². The SMILES string of the molecule is CC(=O)NC1CCN(C(=O)C(F)(F)c2nc(C(=O)Nc3ccc(F)c(C)c3)ccc2F)CC1(C)C. The van der Waals surface area contributed by atoms with Crippen molar-refractivity contribution in [3.8, 4) is 0 Å². The number of amides is 3. The molecule has 0 radical (unpaired) electrons. The van der Waals surface area contributed by atoms with Crippen molar-refractivity contribution in [2.24, 2.45) is 5.41 Å². The summed E-state index contributed by atoms with van der Waals surface area (Å²) in [6.07, 6.45) is 0.240. The summed E-state index contributed by atoms with van der Waals surface area (Å²) in [5, 5.41) is 5.14. The predicted molar refractivity (Wildman–Crippen MR) is 120 cm³/mol. The smallest absolute Gasteiger partial charge is 0.353 e. The van der Waals surface area contributed by atoms with Gasteiger partial charge in [0.15, 0.2) is 11.5 Å². The number of benzene rings is 1. The number of carbonyl (C=O) groups is 3. The Morgan fingerprint density at radius 1 is 1.11 bits per heavy atom. The van der Waals surface area contributed by atoms with Gasteiger partial charge in [-0.1, -0.05) is 13.8 Å². The van der Waals surface area contributed by atoms with Crippen molar-refractivity contribution in [1.29, 1.82) is 0 Å². The van der Waals surface area contributed by atoms with E-state index in [0.29, 0.717) is 6.07 Å². The minimum Gasteiger partial charge on any atom is -0.353 e. The van der Waals surface area contributed by atoms with Gasteiger partial charge in [-0.3, -0.25) is 14.4 Å². The van der Waals surface area contributed by atoms with Crippen LogP contribution in [0.25, 0.3) is 0 Å². The lowest BCUT2D eigenvalue weighted by atomic mass is 9.79. The summed E-state index contributed by atoms with van der Waals surface area (Å²) in [6, 6.07) is 4.96. The van der Waals surface area contributed by atoms with Gasteiger partial charge < -0.3 is 15.5 Å². The number of hydrogen-bond donors (Lipinski definition) is 2. The van der Waals surface area contributed by atoms with E-state index in [1.165, 1.54) is 26.0 Å². The maximum Gasteiger partial charge on any atom is 0.369 e. The molecule has 0 bridgehead atoms. The highest BCUT2D eigenvalue weighted by atomic mass is 19.3. The van der Waals surface area contributed by atoms with Crippen LogP contribution in [-0.2, 0) is 15.5 Å². The summed E-state index contributed by atoms with van der Waals surface area (Å²) in [6.45, 7) is 6.10. The Labute approximate surface area is 199 Å². The van der Waals surface area contributed by atoms with E-state index in [9.17, 15) is 23.2 Å². The molecule has 35 heavy (non-hydrogen) atoms. The number of carbonyl (C=O) groups excluding carboxylic acids is 3. The lowest BCUT2D eigenvalue weighted by molar-refractivity contribution is -0.164. The standard InChI is InChI=1S/C24H26F4N4O3/c1-13-11-15(5-6-16(13)25)30-21(34)18-8-7-17(26)20(31-18)24(27,28)22(35)32-10-9-19(29-14(2)33)23(3,4)12-32/h5-8,11,19H,9-10,12H2,1-4H3,(H,29,33)(H,30,34). The highest BCUT2D eigenvalue weighted by molar-refractivity contribution is 6.03. The number of aryl methyl sites for hydroxylation is 1. The van der Waals surface area contributed by atoms with Crippen LogP contribution < -0.4 is 10.6 Å². The molecule has 0 saturated carbocycles. The van der Waals surface area contributed by atoms with Crippen LogP contribution in [-0.4, -0.2) is 46.7 Å². The molecule has 2 N–H and O–H groups in total. The summed E-state index contributed by atoms with van der Waals surface area (Å²) in [5.74, 6) is -9.13. The van der Waals surface area contributed by atoms with Gasteiger partial charge in [0, 0.05) is 37.2 Å². The van der Waals surface area contributed by atoms with Crippen molar-refractivity contribution < 1.29 is 31.9 Å². The Balaban J connectivity index is 1.82. The molecule has 1 aromatic heterocycles. The second-order valence-corrected chi connectivity index (χ2v) is 9.28. The monoisotopic (exact) mass is 494 g/mol. The quantitative estimate of drug-likeness (QED) is 0.619. The second-order valence-electron chi connectivity index (χ2n) is 9.28. The van der Waals surface area contributed by atoms with Crippen molar-refractivity contribution in [1.82, 2.24) is 15.2 Å². The predicted octanol–water partition coefficient (Wildman–Crippen LogP) is 3.78. The molecule has 2 heterocycles. The number of nitrogens with one attached hydrogen (secondary N) is 2. The highest BCUT2D eigenvalue weighted by Gasteiger charge is 2.50. The van der Waals surface area contributed by atoms with Gasteiger partial charge in [-0.15, -0.1) is 0 Å². The molecule has 1 aliphatic rings. The molecular weight excluding hydrogens is 468 g/mol. The third-order valence-corrected chi connectivity index (χ3v) is 5.95. The first-order chi connectivity index (χ1) is 16.2. The molecule has 3 amide bonds. The fraction of sp³-hybridized carbons (Fsp3) is 0.417. The number of nitrogens with zero attached hydrogens (tertiary/aromatic N) is 2. The molecule has 7 nitrogen and oxygen atoms in total. The van der Waals surface area contributed by atoms with Crippen molar-refractivity contribution in [3.63, 3.8) is 0 Å². The maximum absolute atomic E-state index is 15.2. The molecule has 1 saturated heterocycles. The second kappa shape index (κ2) is 9.63. The first-order valence-electron chi connectivity index (χ1n) is 10.9. The number of piperidine rings is 1. The average molecular weight is 494 g/mol. The van der Waals surface area contributed by atoms with Gasteiger partial charge >= 0.3 is 5.92 Å². The molecule has 1 aliphatic heterocycles. The molecule has 188 valence electrons. The van der Waals surface area contributed by atoms with Crippen LogP contribution in [0, 0.1) is 24.0 Å². The Morgan fingerprint density at radius 2 is 1.77 bits per heavy atom. The zero-order valence-corrected chi connectivity index (χ0v) is 19.7. The number of pyridine rings is 1. The minimum absolute atomic E-state index is 0.0749. The lowest BCUT2D eigenvalue weighted by Gasteiger charge is -2.45. The van der Waals surface area contributed by atoms with Gasteiger partial charge in [0.1, 0.15) is 11.5 Å². The van der Waals surface area contributed by atoms with Crippen molar-refractivity contribution in [3.05, 3.63) is 58.9 Å². The molecule has 1 fully saturated rings. The van der Waals surface area contributed by atoms with E-state index in [1.54, 1.807) is 13.8 Å². The first kappa shape index (κ1) is 26.1. The van der Waals surface area contributed by atoms with Crippen molar-refractivity contribution in [2.45, 2.75) is 46.1 Å². The van der Waals surface area contributed by atoms with E-state index < -0.39 is 46.2 Å². The average Bonchev–Trinajstić information content (AvgIpc) is 2.76. The number of aromatic nitrogens is 1. The van der Waals surface area contributed by atoms with E-state index in [2.05, 4.69) is 15.6 Å². The minimum atomic E-state index is -4.34. The highest BCUT2D eigenvalue weighted by Crippen LogP contribution is 2.36. The number of anilines is 1. The van der Waals surface area contributed by atoms with E-state index in [4.69, 9.17) is 0 Å². The van der Waals surface area contributed by atoms with Crippen LogP contribution >= 0.6 is 0 Å². The molecule has 1 atom stereocenters. The van der Waals surface area contributed by atoms with Gasteiger partial charge in [-0.2, -0.15) is 8.78 Å². The maximum atomic E-state index is 15.2. The van der Waals surface area contributed by atoms with Crippen LogP contribution in [0.2, 0.25) is 0 Å². The lowest BCUT2D eigenvalue weighted by Crippen LogP contribution is -2.58. The number of rotatable bonds is 5. The Bertz CT molecular complexity index is 1170. The van der Waals surface area contributed by atoms with Gasteiger partial charge in [-0.25, -0.2) is 13.8 Å². The fourth-order valence-electron chi connectivity index (χ4n) is 4.05. The number of hydrogen-bond acceptors (Lipinski definition) is 4. The number of halogens is 4. The number of alkyl halides is 2. The first-order valence-corrected chi connectivity index (χ1v) is 10.9. The van der Waals surface area contributed by atoms with E-state index in [1.807, 2.05) is 0 Å². The van der Waals surface area contributed by atoms with Crippen LogP contribution in [0.15, 0.2) is 30.3 Å². The van der Waals surface area contributed by atoms with Crippen LogP contribution in [0.4, 0.5) is 23.2 Å². The summed E-state index contributed by atoms with van der Waals surface area (Å²) in [4.78, 5) is 41.1. The fourth-order valence-corrected chi connectivity index (χ4v) is 4.05. The number of likely N-dealkylation sites (tertiary alicyclic amines) is 1. The van der Waals surface area contributed by atoms with Gasteiger partial charge in [-0.05, 0) is 49.2 Å². The third kappa shape index (κ3) is 5.60. The zero-order chi connectivity index (χ0) is 26.1. The van der Waals surface area contributed by atoms with Gasteiger partial charge in [0.2, 0.25) is 5.91 Å². The van der Waals surface area contributed by atoms with Gasteiger partial charge in [0.05, 0.1) is 0 Å². The third-order valence-electron chi connectivity index (χ3n) is 5.95. The van der Waals surface area contributed by atoms with Crippen LogP contribution in [0.5, 0.6) is 0 Å². The van der Waals surface area contributed by atoms with E-state index >= 15 is 8.78 Å². The van der Waals surface area contributed by atoms with Crippen LogP contribution in [0.1, 0.15) is 48.9 Å². The summed E-state index contributed by atoms with van der Waals surface area (Å²) in [5.41, 5.74) is -2.28. The van der Waals surface area contributed by atoms with Crippen LogP contribution in [0.3, 0.4) is 0 Å². The molecular formula is C24H26F4N4O3. The Morgan fingerprint density at radius 3 is 2.37 bits per heavy atom. The Kier molecular flexibility index (Phi) is 7.18. The molecule has 2 aromatic rings. The van der Waals surface area contributed by atoms with Gasteiger partial charge in [0.25, 0.3) is 11.8 Å². The zero-order valence-electron chi connectivity index (χ0n) is 19.7. The largest absolute Gasteiger partial charge is 0.369 e. The molecule has 0 aliphatic carbocycles. The molecule has 11 heteroatoms. The Hall–Kier alpha value is -3.50. The summed E-state index contributed by atoms with van der Waals surface area (Å²) in [7, 11) is 0. The van der Waals surface area contributed by atoms with E-state index in [0.717, 1.165) is 17.0 Å². The van der Waals surface area contributed by atoms with E-state index in [-0.39, 0.29) is 42.7 Å². The summed E-state index contributed by atoms with van der Waals surface area (Å²) >= 11 is 0. The molecule has 1 aromatic carbocycles. The molecule has 3 rings (SSSR count). The summed E-state index contributed by atoms with van der Waals surface area (Å²) < 4.78 is 58.2. The molecule has 1 unspecified atom stereocenters.